The molecule has 1 heterocycles. The molecule has 1 aromatic rings. The summed E-state index contributed by atoms with van der Waals surface area (Å²) in [6, 6.07) is 0.0835. The quantitative estimate of drug-likeness (QED) is 0.869. The van der Waals surface area contributed by atoms with E-state index in [9.17, 15) is 0 Å². The van der Waals surface area contributed by atoms with Crippen LogP contribution in [0.3, 0.4) is 0 Å². The summed E-state index contributed by atoms with van der Waals surface area (Å²) in [5.74, 6) is 1.36. The monoisotopic (exact) mass is 295 g/mol. The van der Waals surface area contributed by atoms with E-state index in [1.807, 2.05) is 0 Å². The second-order valence-corrected chi connectivity index (χ2v) is 6.99. The maximum absolute atomic E-state index is 5.83. The first kappa shape index (κ1) is 16.4. The first-order chi connectivity index (χ1) is 9.92. The van der Waals surface area contributed by atoms with Gasteiger partial charge in [-0.05, 0) is 51.0 Å². The minimum Gasteiger partial charge on any atom is -0.370 e. The topological polar surface area (TPSA) is 60.2 Å². The van der Waals surface area contributed by atoms with Gasteiger partial charge in [0.2, 0.25) is 11.7 Å². The van der Waals surface area contributed by atoms with Crippen molar-refractivity contribution in [3.05, 3.63) is 11.7 Å². The minimum absolute atomic E-state index is 0.0835. The fraction of sp³-hybridized carbons (Fsp3) is 0.875. The molecule has 0 aliphatic heterocycles. The van der Waals surface area contributed by atoms with Gasteiger partial charge in [-0.3, -0.25) is 0 Å². The number of nitrogens with one attached hydrogen (secondary N) is 1. The SMILES string of the molecule is CCCNC(C)c1nc(C2(OC)CCC(C)(C)CC2)no1. The number of hydrogen-bond acceptors (Lipinski definition) is 5. The highest BCUT2D eigenvalue weighted by atomic mass is 16.5. The smallest absolute Gasteiger partial charge is 0.243 e. The molecule has 1 aliphatic carbocycles. The van der Waals surface area contributed by atoms with Crippen molar-refractivity contribution >= 4 is 0 Å². The predicted molar refractivity (Wildman–Crippen MR) is 81.9 cm³/mol. The Labute approximate surface area is 127 Å². The van der Waals surface area contributed by atoms with Crippen molar-refractivity contribution in [1.29, 1.82) is 0 Å². The van der Waals surface area contributed by atoms with Crippen LogP contribution in [0.2, 0.25) is 0 Å². The van der Waals surface area contributed by atoms with Gasteiger partial charge in [-0.1, -0.05) is 25.9 Å². The lowest BCUT2D eigenvalue weighted by Gasteiger charge is -2.40. The average molecular weight is 295 g/mol. The molecule has 1 unspecified atom stereocenters. The summed E-state index contributed by atoms with van der Waals surface area (Å²) >= 11 is 0. The number of aromatic nitrogens is 2. The van der Waals surface area contributed by atoms with Crippen molar-refractivity contribution in [3.8, 4) is 0 Å². The zero-order valence-corrected chi connectivity index (χ0v) is 14.0. The number of nitrogens with zero attached hydrogens (tertiary/aromatic N) is 2. The van der Waals surface area contributed by atoms with E-state index in [2.05, 4.69) is 43.2 Å². The summed E-state index contributed by atoms with van der Waals surface area (Å²) in [6.45, 7) is 9.76. The third kappa shape index (κ3) is 3.64. The van der Waals surface area contributed by atoms with E-state index in [1.165, 1.54) is 0 Å². The Bertz CT molecular complexity index is 446. The molecule has 0 spiro atoms. The van der Waals surface area contributed by atoms with Crippen LogP contribution in [-0.4, -0.2) is 23.8 Å². The molecule has 1 N–H and O–H groups in total. The van der Waals surface area contributed by atoms with Gasteiger partial charge in [0.1, 0.15) is 5.60 Å². The molecule has 0 amide bonds. The molecule has 120 valence electrons. The maximum atomic E-state index is 5.83. The van der Waals surface area contributed by atoms with Crippen molar-refractivity contribution in [3.63, 3.8) is 0 Å². The first-order valence-electron chi connectivity index (χ1n) is 8.05. The van der Waals surface area contributed by atoms with Crippen molar-refractivity contribution in [1.82, 2.24) is 15.5 Å². The second-order valence-electron chi connectivity index (χ2n) is 6.99. The van der Waals surface area contributed by atoms with Gasteiger partial charge in [0, 0.05) is 7.11 Å². The molecular weight excluding hydrogens is 266 g/mol. The second kappa shape index (κ2) is 6.44. The van der Waals surface area contributed by atoms with Gasteiger partial charge in [-0.15, -0.1) is 0 Å². The van der Waals surface area contributed by atoms with Crippen LogP contribution in [0.5, 0.6) is 0 Å². The predicted octanol–water partition coefficient (Wildman–Crippen LogP) is 3.57. The molecule has 5 nitrogen and oxygen atoms in total. The molecule has 0 radical (unpaired) electrons. The van der Waals surface area contributed by atoms with Crippen molar-refractivity contribution < 1.29 is 9.26 Å². The zero-order chi connectivity index (χ0) is 15.5. The van der Waals surface area contributed by atoms with Gasteiger partial charge in [0.15, 0.2) is 0 Å². The summed E-state index contributed by atoms with van der Waals surface area (Å²) in [5.41, 5.74) is 0.00627. The van der Waals surface area contributed by atoms with E-state index in [1.54, 1.807) is 7.11 Å². The van der Waals surface area contributed by atoms with E-state index >= 15 is 0 Å². The van der Waals surface area contributed by atoms with Crippen LogP contribution in [0.25, 0.3) is 0 Å². The molecule has 1 fully saturated rings. The van der Waals surface area contributed by atoms with Gasteiger partial charge in [-0.25, -0.2) is 0 Å². The Kier molecular flexibility index (Phi) is 5.04. The van der Waals surface area contributed by atoms with Crippen LogP contribution < -0.4 is 5.32 Å². The maximum Gasteiger partial charge on any atom is 0.243 e. The van der Waals surface area contributed by atoms with Crippen LogP contribution in [0.4, 0.5) is 0 Å². The Morgan fingerprint density at radius 1 is 1.29 bits per heavy atom. The van der Waals surface area contributed by atoms with Gasteiger partial charge in [-0.2, -0.15) is 4.98 Å². The standard InChI is InChI=1S/C16H29N3O2/c1-6-11-17-12(2)13-18-14(19-21-13)16(20-5)9-7-15(3,4)8-10-16/h12,17H,6-11H2,1-5H3. The molecule has 1 aliphatic rings. The van der Waals surface area contributed by atoms with Crippen LogP contribution in [0.15, 0.2) is 4.52 Å². The molecule has 0 bridgehead atoms. The summed E-state index contributed by atoms with van der Waals surface area (Å²) in [4.78, 5) is 4.61. The molecule has 1 atom stereocenters. The third-order valence-electron chi connectivity index (χ3n) is 4.72. The van der Waals surface area contributed by atoms with E-state index < -0.39 is 0 Å². The van der Waals surface area contributed by atoms with Crippen molar-refractivity contribution in [2.24, 2.45) is 5.41 Å². The van der Waals surface area contributed by atoms with E-state index in [4.69, 9.17) is 9.26 Å². The largest absolute Gasteiger partial charge is 0.370 e. The van der Waals surface area contributed by atoms with Crippen molar-refractivity contribution in [2.45, 2.75) is 71.4 Å². The van der Waals surface area contributed by atoms with Crippen LogP contribution in [0, 0.1) is 5.41 Å². The Morgan fingerprint density at radius 3 is 2.52 bits per heavy atom. The molecule has 2 rings (SSSR count). The van der Waals surface area contributed by atoms with E-state index in [0.29, 0.717) is 17.1 Å². The van der Waals surface area contributed by atoms with E-state index in [0.717, 1.165) is 38.6 Å². The number of ether oxygens (including phenoxy) is 1. The molecule has 0 aromatic carbocycles. The van der Waals surface area contributed by atoms with Crippen LogP contribution in [0.1, 0.15) is 77.6 Å². The Balaban J connectivity index is 2.11. The molecule has 0 saturated heterocycles. The Hall–Kier alpha value is -0.940. The third-order valence-corrected chi connectivity index (χ3v) is 4.72. The lowest BCUT2D eigenvalue weighted by Crippen LogP contribution is -2.37. The summed E-state index contributed by atoms with van der Waals surface area (Å²) in [6.07, 6.45) is 5.23. The fourth-order valence-electron chi connectivity index (χ4n) is 2.89. The average Bonchev–Trinajstić information content (AvgIpc) is 2.96. The summed E-state index contributed by atoms with van der Waals surface area (Å²) in [5, 5.41) is 7.58. The number of hydrogen-bond donors (Lipinski definition) is 1. The lowest BCUT2D eigenvalue weighted by atomic mass is 9.70. The normalized spacial score (nSPS) is 22.1. The molecule has 1 saturated carbocycles. The molecular formula is C16H29N3O2. The van der Waals surface area contributed by atoms with Crippen molar-refractivity contribution in [2.75, 3.05) is 13.7 Å². The first-order valence-corrected chi connectivity index (χ1v) is 8.05. The Morgan fingerprint density at radius 2 is 1.95 bits per heavy atom. The molecule has 21 heavy (non-hydrogen) atoms. The number of rotatable bonds is 6. The highest BCUT2D eigenvalue weighted by Crippen LogP contribution is 2.46. The van der Waals surface area contributed by atoms with Gasteiger partial charge in [0.05, 0.1) is 6.04 Å². The van der Waals surface area contributed by atoms with Gasteiger partial charge >= 0.3 is 0 Å². The van der Waals surface area contributed by atoms with Gasteiger partial charge < -0.3 is 14.6 Å². The zero-order valence-electron chi connectivity index (χ0n) is 14.0. The van der Waals surface area contributed by atoms with E-state index in [-0.39, 0.29) is 11.6 Å². The van der Waals surface area contributed by atoms with Crippen LogP contribution in [-0.2, 0) is 10.3 Å². The highest BCUT2D eigenvalue weighted by Gasteiger charge is 2.43. The van der Waals surface area contributed by atoms with Crippen LogP contribution >= 0.6 is 0 Å². The fourth-order valence-corrected chi connectivity index (χ4v) is 2.89. The summed E-state index contributed by atoms with van der Waals surface area (Å²) in [7, 11) is 1.76. The van der Waals surface area contributed by atoms with Gasteiger partial charge in [0.25, 0.3) is 0 Å². The summed E-state index contributed by atoms with van der Waals surface area (Å²) < 4.78 is 11.3. The minimum atomic E-state index is -0.373. The molecule has 1 aromatic heterocycles. The lowest BCUT2D eigenvalue weighted by molar-refractivity contribution is -0.0740. The molecule has 5 heteroatoms. The number of methoxy groups -OCH3 is 1. The highest BCUT2D eigenvalue weighted by molar-refractivity contribution is 5.06.